The summed E-state index contributed by atoms with van der Waals surface area (Å²) in [4.78, 5) is 24.1. The molecule has 0 aromatic rings. The van der Waals surface area contributed by atoms with Crippen molar-refractivity contribution in [2.75, 3.05) is 20.2 Å². The minimum atomic E-state index is -0.333. The van der Waals surface area contributed by atoms with E-state index < -0.39 is 0 Å². The minimum Gasteiger partial charge on any atom is -0.464 e. The van der Waals surface area contributed by atoms with Crippen LogP contribution in [0.2, 0.25) is 0 Å². The number of likely N-dealkylation sites (N-methyl/N-ethyl adjacent to an activating group) is 1. The van der Waals surface area contributed by atoms with Gasteiger partial charge in [0, 0.05) is 13.0 Å². The molecule has 0 aromatic carbocycles. The number of hydrogen-bond donors (Lipinski definition) is 0. The molecule has 15 heavy (non-hydrogen) atoms. The Balaban J connectivity index is 3.81. The number of esters is 1. The Morgan fingerprint density at radius 3 is 2.40 bits per heavy atom. The first kappa shape index (κ1) is 13.9. The summed E-state index contributed by atoms with van der Waals surface area (Å²) in [6, 6.07) is 0. The Bertz CT molecular complexity index is 214. The highest BCUT2D eigenvalue weighted by Crippen LogP contribution is 1.99. The van der Waals surface area contributed by atoms with Crippen LogP contribution in [0.5, 0.6) is 0 Å². The molecule has 4 nitrogen and oxygen atoms in total. The van der Waals surface area contributed by atoms with Gasteiger partial charge in [0.25, 0.3) is 0 Å². The van der Waals surface area contributed by atoms with Crippen LogP contribution < -0.4 is 0 Å². The summed E-state index contributed by atoms with van der Waals surface area (Å²) in [6.07, 6.45) is 1.86. The molecule has 0 saturated heterocycles. The zero-order chi connectivity index (χ0) is 11.8. The van der Waals surface area contributed by atoms with Gasteiger partial charge in [0.05, 0.1) is 6.61 Å². The van der Waals surface area contributed by atoms with Gasteiger partial charge in [-0.15, -0.1) is 0 Å². The van der Waals surface area contributed by atoms with Crippen LogP contribution >= 0.6 is 0 Å². The number of rotatable bonds is 6. The first-order valence-corrected chi connectivity index (χ1v) is 5.39. The highest BCUT2D eigenvalue weighted by molar-refractivity contribution is 5.82. The molecule has 0 aliphatic rings. The second kappa shape index (κ2) is 7.26. The standard InChI is InChI=1S/C11H21NO3/c1-5-6-7-15-10(13)8-12(4)11(14)9(2)3/h9H,5-8H2,1-4H3. The highest BCUT2D eigenvalue weighted by Gasteiger charge is 2.16. The normalized spacial score (nSPS) is 10.2. The van der Waals surface area contributed by atoms with Crippen molar-refractivity contribution in [3.05, 3.63) is 0 Å². The Morgan fingerprint density at radius 1 is 1.33 bits per heavy atom. The Kier molecular flexibility index (Phi) is 6.75. The zero-order valence-corrected chi connectivity index (χ0v) is 10.1. The monoisotopic (exact) mass is 215 g/mol. The van der Waals surface area contributed by atoms with E-state index in [2.05, 4.69) is 0 Å². The lowest BCUT2D eigenvalue weighted by Gasteiger charge is -2.18. The van der Waals surface area contributed by atoms with Crippen molar-refractivity contribution in [2.45, 2.75) is 33.6 Å². The van der Waals surface area contributed by atoms with E-state index >= 15 is 0 Å². The third kappa shape index (κ3) is 6.10. The number of ether oxygens (including phenoxy) is 1. The number of unbranched alkanes of at least 4 members (excludes halogenated alkanes) is 1. The molecule has 0 atom stereocenters. The van der Waals surface area contributed by atoms with Crippen LogP contribution in [-0.2, 0) is 14.3 Å². The van der Waals surface area contributed by atoms with Crippen LogP contribution in [0.4, 0.5) is 0 Å². The van der Waals surface area contributed by atoms with Gasteiger partial charge < -0.3 is 9.64 Å². The van der Waals surface area contributed by atoms with Gasteiger partial charge in [-0.25, -0.2) is 0 Å². The van der Waals surface area contributed by atoms with Crippen molar-refractivity contribution in [1.29, 1.82) is 0 Å². The van der Waals surface area contributed by atoms with E-state index in [1.54, 1.807) is 20.9 Å². The average molecular weight is 215 g/mol. The number of carbonyl (C=O) groups is 2. The third-order valence-electron chi connectivity index (χ3n) is 2.00. The molecule has 0 spiro atoms. The summed E-state index contributed by atoms with van der Waals surface area (Å²) in [5, 5.41) is 0. The van der Waals surface area contributed by atoms with Gasteiger partial charge in [-0.1, -0.05) is 27.2 Å². The molecule has 1 amide bonds. The third-order valence-corrected chi connectivity index (χ3v) is 2.00. The molecule has 0 bridgehead atoms. The summed E-state index contributed by atoms with van der Waals surface area (Å²) in [7, 11) is 1.61. The van der Waals surface area contributed by atoms with Gasteiger partial charge in [0.1, 0.15) is 6.54 Å². The summed E-state index contributed by atoms with van der Waals surface area (Å²) in [5.74, 6) is -0.458. The van der Waals surface area contributed by atoms with Crippen LogP contribution in [0, 0.1) is 5.92 Å². The summed E-state index contributed by atoms with van der Waals surface area (Å²) in [6.45, 7) is 6.13. The van der Waals surface area contributed by atoms with E-state index in [0.29, 0.717) is 6.61 Å². The van der Waals surface area contributed by atoms with Gasteiger partial charge >= 0.3 is 5.97 Å². The van der Waals surface area contributed by atoms with Gasteiger partial charge in [0.15, 0.2) is 0 Å². The van der Waals surface area contributed by atoms with Crippen LogP contribution in [0.15, 0.2) is 0 Å². The molecule has 0 saturated carbocycles. The maximum atomic E-state index is 11.4. The molecular weight excluding hydrogens is 194 g/mol. The smallest absolute Gasteiger partial charge is 0.325 e. The summed E-state index contributed by atoms with van der Waals surface area (Å²) in [5.41, 5.74) is 0. The molecule has 0 unspecified atom stereocenters. The van der Waals surface area contributed by atoms with Gasteiger partial charge in [-0.05, 0) is 6.42 Å². The fourth-order valence-electron chi connectivity index (χ4n) is 1.09. The van der Waals surface area contributed by atoms with E-state index in [1.165, 1.54) is 4.90 Å². The zero-order valence-electron chi connectivity index (χ0n) is 10.1. The van der Waals surface area contributed by atoms with Crippen LogP contribution in [0.3, 0.4) is 0 Å². The van der Waals surface area contributed by atoms with Crippen molar-refractivity contribution in [3.8, 4) is 0 Å². The van der Waals surface area contributed by atoms with E-state index in [9.17, 15) is 9.59 Å². The Labute approximate surface area is 91.6 Å². The Hall–Kier alpha value is -1.06. The number of hydrogen-bond acceptors (Lipinski definition) is 3. The number of carbonyl (C=O) groups excluding carboxylic acids is 2. The highest BCUT2D eigenvalue weighted by atomic mass is 16.5. The molecule has 0 heterocycles. The predicted octanol–water partition coefficient (Wildman–Crippen LogP) is 1.44. The molecule has 0 rings (SSSR count). The lowest BCUT2D eigenvalue weighted by atomic mass is 10.2. The maximum absolute atomic E-state index is 11.4. The van der Waals surface area contributed by atoms with Gasteiger partial charge in [0.2, 0.25) is 5.91 Å². The van der Waals surface area contributed by atoms with Crippen molar-refractivity contribution >= 4 is 11.9 Å². The van der Waals surface area contributed by atoms with Crippen LogP contribution in [0.25, 0.3) is 0 Å². The molecular formula is C11H21NO3. The SMILES string of the molecule is CCCCOC(=O)CN(C)C(=O)C(C)C. The molecule has 0 N–H and O–H groups in total. The summed E-state index contributed by atoms with van der Waals surface area (Å²) < 4.78 is 4.95. The lowest BCUT2D eigenvalue weighted by molar-refractivity contribution is -0.149. The average Bonchev–Trinajstić information content (AvgIpc) is 2.16. The van der Waals surface area contributed by atoms with Crippen molar-refractivity contribution < 1.29 is 14.3 Å². The van der Waals surface area contributed by atoms with Crippen LogP contribution in [-0.4, -0.2) is 37.0 Å². The minimum absolute atomic E-state index is 0.0394. The second-order valence-corrected chi connectivity index (χ2v) is 3.92. The molecule has 0 aliphatic heterocycles. The molecule has 88 valence electrons. The largest absolute Gasteiger partial charge is 0.464 e. The van der Waals surface area contributed by atoms with E-state index in [-0.39, 0.29) is 24.3 Å². The Morgan fingerprint density at radius 2 is 1.93 bits per heavy atom. The first-order chi connectivity index (χ1) is 6.99. The summed E-state index contributed by atoms with van der Waals surface area (Å²) >= 11 is 0. The van der Waals surface area contributed by atoms with Crippen molar-refractivity contribution in [1.82, 2.24) is 4.90 Å². The number of amides is 1. The fraction of sp³-hybridized carbons (Fsp3) is 0.818. The molecule has 0 fully saturated rings. The number of nitrogens with zero attached hydrogens (tertiary/aromatic N) is 1. The lowest BCUT2D eigenvalue weighted by Crippen LogP contribution is -2.35. The van der Waals surface area contributed by atoms with Crippen molar-refractivity contribution in [3.63, 3.8) is 0 Å². The molecule has 0 radical (unpaired) electrons. The fourth-order valence-corrected chi connectivity index (χ4v) is 1.09. The first-order valence-electron chi connectivity index (χ1n) is 5.39. The molecule has 0 aliphatic carbocycles. The topological polar surface area (TPSA) is 46.6 Å². The van der Waals surface area contributed by atoms with E-state index in [1.807, 2.05) is 6.92 Å². The maximum Gasteiger partial charge on any atom is 0.325 e. The second-order valence-electron chi connectivity index (χ2n) is 3.92. The van der Waals surface area contributed by atoms with Crippen molar-refractivity contribution in [2.24, 2.45) is 5.92 Å². The van der Waals surface area contributed by atoms with Gasteiger partial charge in [-0.3, -0.25) is 9.59 Å². The van der Waals surface area contributed by atoms with Gasteiger partial charge in [-0.2, -0.15) is 0 Å². The van der Waals surface area contributed by atoms with Crippen LogP contribution in [0.1, 0.15) is 33.6 Å². The quantitative estimate of drug-likeness (QED) is 0.497. The predicted molar refractivity (Wildman–Crippen MR) is 58.3 cm³/mol. The molecule has 4 heteroatoms. The molecule has 0 aromatic heterocycles. The van der Waals surface area contributed by atoms with E-state index in [4.69, 9.17) is 4.74 Å². The van der Waals surface area contributed by atoms with E-state index in [0.717, 1.165) is 12.8 Å².